The maximum absolute atomic E-state index is 10.9. The Morgan fingerprint density at radius 2 is 1.85 bits per heavy atom. The van der Waals surface area contributed by atoms with E-state index in [0.717, 1.165) is 31.6 Å². The highest BCUT2D eigenvalue weighted by Crippen LogP contribution is 2.29. The highest BCUT2D eigenvalue weighted by molar-refractivity contribution is 14.1. The Kier molecular flexibility index (Phi) is 4.29. The van der Waals surface area contributed by atoms with Crippen molar-refractivity contribution in [2.24, 2.45) is 0 Å². The minimum absolute atomic E-state index is 0.0523. The van der Waals surface area contributed by atoms with Crippen LogP contribution in [0.5, 0.6) is 0 Å². The first-order chi connectivity index (χ1) is 12.5. The molecule has 0 saturated heterocycles. The van der Waals surface area contributed by atoms with Gasteiger partial charge in [0.15, 0.2) is 0 Å². The number of nitro benzene ring substituents is 1. The van der Waals surface area contributed by atoms with Crippen LogP contribution in [0.1, 0.15) is 0 Å². The Morgan fingerprint density at radius 3 is 2.54 bits per heavy atom. The molecule has 0 spiro atoms. The van der Waals surface area contributed by atoms with Crippen LogP contribution in [0.25, 0.3) is 28.0 Å². The van der Waals surface area contributed by atoms with Gasteiger partial charge in [-0.25, -0.2) is 4.98 Å². The van der Waals surface area contributed by atoms with Crippen molar-refractivity contribution in [3.05, 3.63) is 79.4 Å². The maximum Gasteiger partial charge on any atom is 0.269 e. The van der Waals surface area contributed by atoms with E-state index in [0.29, 0.717) is 4.77 Å². The van der Waals surface area contributed by atoms with E-state index in [2.05, 4.69) is 32.6 Å². The SMILES string of the molecule is O=[N+]([O-])c1ccc(-c2cnc(=S)n3cc(-c4ccccc4I)[nH]c23)cc1. The molecule has 2 heterocycles. The van der Waals surface area contributed by atoms with Crippen molar-refractivity contribution in [1.29, 1.82) is 0 Å². The van der Waals surface area contributed by atoms with Gasteiger partial charge in [0, 0.05) is 39.2 Å². The fourth-order valence-corrected chi connectivity index (χ4v) is 3.67. The highest BCUT2D eigenvalue weighted by atomic mass is 127. The van der Waals surface area contributed by atoms with Crippen LogP contribution in [0.3, 0.4) is 0 Å². The van der Waals surface area contributed by atoms with Crippen LogP contribution < -0.4 is 0 Å². The molecule has 0 saturated carbocycles. The molecule has 1 N–H and O–H groups in total. The van der Waals surface area contributed by atoms with Crippen LogP contribution in [-0.2, 0) is 0 Å². The molecule has 0 atom stereocenters. The lowest BCUT2D eigenvalue weighted by molar-refractivity contribution is -0.384. The summed E-state index contributed by atoms with van der Waals surface area (Å²) >= 11 is 7.65. The van der Waals surface area contributed by atoms with Gasteiger partial charge in [-0.2, -0.15) is 0 Å². The van der Waals surface area contributed by atoms with E-state index in [4.69, 9.17) is 12.2 Å². The monoisotopic (exact) mass is 474 g/mol. The summed E-state index contributed by atoms with van der Waals surface area (Å²) in [5.41, 5.74) is 4.50. The molecule has 2 aromatic carbocycles. The molecule has 0 aliphatic carbocycles. The number of non-ortho nitro benzene ring substituents is 1. The zero-order valence-electron chi connectivity index (χ0n) is 13.2. The average molecular weight is 474 g/mol. The van der Waals surface area contributed by atoms with Crippen LogP contribution in [0.4, 0.5) is 5.69 Å². The third-order valence-electron chi connectivity index (χ3n) is 4.07. The predicted octanol–water partition coefficient (Wildman–Crippen LogP) is 5.24. The number of aromatic nitrogens is 3. The summed E-state index contributed by atoms with van der Waals surface area (Å²) < 4.78 is 3.39. The first kappa shape index (κ1) is 16.9. The van der Waals surface area contributed by atoms with Crippen LogP contribution >= 0.6 is 34.8 Å². The third kappa shape index (κ3) is 2.90. The Labute approximate surface area is 166 Å². The maximum atomic E-state index is 10.9. The van der Waals surface area contributed by atoms with Crippen molar-refractivity contribution in [2.45, 2.75) is 0 Å². The summed E-state index contributed by atoms with van der Waals surface area (Å²) in [5.74, 6) is 0. The largest absolute Gasteiger partial charge is 0.339 e. The molecular formula is C18H11IN4O2S. The topological polar surface area (TPSA) is 76.2 Å². The van der Waals surface area contributed by atoms with E-state index in [-0.39, 0.29) is 5.69 Å². The van der Waals surface area contributed by atoms with E-state index in [1.54, 1.807) is 18.3 Å². The zero-order chi connectivity index (χ0) is 18.3. The number of nitrogens with one attached hydrogen (secondary N) is 1. The number of benzene rings is 2. The molecular weight excluding hydrogens is 463 g/mol. The molecule has 8 heteroatoms. The van der Waals surface area contributed by atoms with E-state index in [9.17, 15) is 10.1 Å². The van der Waals surface area contributed by atoms with Gasteiger partial charge in [-0.05, 0) is 58.6 Å². The first-order valence-electron chi connectivity index (χ1n) is 7.65. The molecule has 0 radical (unpaired) electrons. The molecule has 0 unspecified atom stereocenters. The summed E-state index contributed by atoms with van der Waals surface area (Å²) in [6.07, 6.45) is 3.62. The van der Waals surface area contributed by atoms with Crippen LogP contribution in [0.15, 0.2) is 60.9 Å². The van der Waals surface area contributed by atoms with E-state index in [1.165, 1.54) is 12.1 Å². The molecule has 4 aromatic rings. The predicted molar refractivity (Wildman–Crippen MR) is 111 cm³/mol. The molecule has 0 aliphatic rings. The Balaban J connectivity index is 1.91. The van der Waals surface area contributed by atoms with Gasteiger partial charge in [-0.15, -0.1) is 0 Å². The van der Waals surface area contributed by atoms with Crippen molar-refractivity contribution < 1.29 is 4.92 Å². The van der Waals surface area contributed by atoms with E-state index >= 15 is 0 Å². The number of imidazole rings is 1. The molecule has 0 amide bonds. The van der Waals surface area contributed by atoms with E-state index in [1.807, 2.05) is 34.9 Å². The second kappa shape index (κ2) is 6.61. The molecule has 0 fully saturated rings. The van der Waals surface area contributed by atoms with Gasteiger partial charge in [0.25, 0.3) is 5.69 Å². The summed E-state index contributed by atoms with van der Waals surface area (Å²) in [6, 6.07) is 14.4. The summed E-state index contributed by atoms with van der Waals surface area (Å²) in [4.78, 5) is 18.2. The second-order valence-electron chi connectivity index (χ2n) is 5.62. The van der Waals surface area contributed by atoms with Crippen molar-refractivity contribution in [1.82, 2.24) is 14.4 Å². The van der Waals surface area contributed by atoms with Gasteiger partial charge in [0.1, 0.15) is 5.65 Å². The van der Waals surface area contributed by atoms with Gasteiger partial charge in [0.05, 0.1) is 10.6 Å². The molecule has 0 bridgehead atoms. The normalized spacial score (nSPS) is 11.0. The van der Waals surface area contributed by atoms with Crippen LogP contribution in [0.2, 0.25) is 0 Å². The number of fused-ring (bicyclic) bond motifs is 1. The third-order valence-corrected chi connectivity index (χ3v) is 5.31. The lowest BCUT2D eigenvalue weighted by atomic mass is 10.1. The summed E-state index contributed by atoms with van der Waals surface area (Å²) in [5, 5.41) is 10.9. The molecule has 26 heavy (non-hydrogen) atoms. The highest BCUT2D eigenvalue weighted by Gasteiger charge is 2.13. The van der Waals surface area contributed by atoms with Crippen molar-refractivity contribution in [3.8, 4) is 22.4 Å². The number of nitrogens with zero attached hydrogens (tertiary/aromatic N) is 3. The lowest BCUT2D eigenvalue weighted by Gasteiger charge is -2.04. The van der Waals surface area contributed by atoms with Gasteiger partial charge < -0.3 is 4.98 Å². The van der Waals surface area contributed by atoms with E-state index < -0.39 is 4.92 Å². The molecule has 4 rings (SSSR count). The van der Waals surface area contributed by atoms with Crippen molar-refractivity contribution >= 4 is 46.1 Å². The number of H-pyrrole nitrogens is 1. The fraction of sp³-hybridized carbons (Fsp3) is 0. The van der Waals surface area contributed by atoms with Crippen molar-refractivity contribution in [2.75, 3.05) is 0 Å². The number of aromatic amines is 1. The lowest BCUT2D eigenvalue weighted by Crippen LogP contribution is -1.93. The fourth-order valence-electron chi connectivity index (χ4n) is 2.80. The zero-order valence-corrected chi connectivity index (χ0v) is 16.2. The number of hydrogen-bond donors (Lipinski definition) is 1. The minimum atomic E-state index is -0.414. The smallest absolute Gasteiger partial charge is 0.269 e. The van der Waals surface area contributed by atoms with Gasteiger partial charge in [0.2, 0.25) is 4.77 Å². The number of hydrogen-bond acceptors (Lipinski definition) is 4. The van der Waals surface area contributed by atoms with Gasteiger partial charge >= 0.3 is 0 Å². The van der Waals surface area contributed by atoms with Crippen LogP contribution in [0, 0.1) is 18.5 Å². The number of rotatable bonds is 3. The molecule has 6 nitrogen and oxygen atoms in total. The first-order valence-corrected chi connectivity index (χ1v) is 9.13. The second-order valence-corrected chi connectivity index (χ2v) is 7.15. The summed E-state index contributed by atoms with van der Waals surface area (Å²) in [7, 11) is 0. The Morgan fingerprint density at radius 1 is 1.12 bits per heavy atom. The number of nitro groups is 1. The average Bonchev–Trinajstić information content (AvgIpc) is 3.08. The van der Waals surface area contributed by atoms with Gasteiger partial charge in [-0.1, -0.05) is 18.2 Å². The molecule has 0 aliphatic heterocycles. The quantitative estimate of drug-likeness (QED) is 0.191. The van der Waals surface area contributed by atoms with Crippen molar-refractivity contribution in [3.63, 3.8) is 0 Å². The minimum Gasteiger partial charge on any atom is -0.339 e. The Bertz CT molecular complexity index is 1200. The van der Waals surface area contributed by atoms with Crippen LogP contribution in [-0.4, -0.2) is 19.3 Å². The summed E-state index contributed by atoms with van der Waals surface area (Å²) in [6.45, 7) is 0. The standard InChI is InChI=1S/C18H11IN4O2S/c19-15-4-2-1-3-13(15)16-10-22-17(21-16)14(9-20-18(22)26)11-5-7-12(8-6-11)23(24)25/h1-10,21H. The number of halogens is 1. The van der Waals surface area contributed by atoms with Gasteiger partial charge in [-0.3, -0.25) is 14.5 Å². The molecule has 2 aromatic heterocycles. The Hall–Kier alpha value is -2.59. The molecule has 128 valence electrons.